The molecule has 1 aliphatic rings. The normalized spacial score (nSPS) is 12.8. The van der Waals surface area contributed by atoms with E-state index in [9.17, 15) is 0 Å². The minimum absolute atomic E-state index is 0. The van der Waals surface area contributed by atoms with Crippen molar-refractivity contribution in [3.63, 3.8) is 0 Å². The van der Waals surface area contributed by atoms with Crippen molar-refractivity contribution < 1.29 is 21.1 Å². The summed E-state index contributed by atoms with van der Waals surface area (Å²) >= 11 is -1.82. The zero-order chi connectivity index (χ0) is 17.0. The van der Waals surface area contributed by atoms with Crippen LogP contribution in [0.3, 0.4) is 0 Å². The third-order valence-electron chi connectivity index (χ3n) is 4.37. The fraction of sp³-hybridized carbons (Fsp3) is 0.450. The van der Waals surface area contributed by atoms with Gasteiger partial charge in [-0.1, -0.05) is 0 Å². The van der Waals surface area contributed by atoms with E-state index in [2.05, 4.69) is 76.8 Å². The van der Waals surface area contributed by atoms with Crippen LogP contribution in [0.2, 0.25) is 19.6 Å². The van der Waals surface area contributed by atoms with Gasteiger partial charge in [-0.15, -0.1) is 24.8 Å². The monoisotopic (exact) mass is 434 g/mol. The Morgan fingerprint density at radius 3 is 2.20 bits per heavy atom. The Kier molecular flexibility index (Phi) is 10.8. The molecular formula is C20H32Cl2OSiTi. The molecule has 0 atom stereocenters. The molecule has 0 amide bonds. The number of aryl methyl sites for hydroxylation is 1. The summed E-state index contributed by atoms with van der Waals surface area (Å²) < 4.78 is 9.91. The van der Waals surface area contributed by atoms with Crippen LogP contribution in [0.1, 0.15) is 38.7 Å². The van der Waals surface area contributed by atoms with Gasteiger partial charge >= 0.3 is 149 Å². The molecule has 0 spiro atoms. The van der Waals surface area contributed by atoms with Crippen LogP contribution in [0.4, 0.5) is 0 Å². The molecule has 0 aliphatic heterocycles. The maximum absolute atomic E-state index is 6.70. The second kappa shape index (κ2) is 10.9. The SMILES string of the molecule is CC[C](CC)=[Ti]([O]c1cc(C)cc([Si](C)(C)C)c1)[C]1=CC=CC1.Cl.Cl. The number of hydrogen-bond acceptors (Lipinski definition) is 1. The average Bonchev–Trinajstić information content (AvgIpc) is 3.00. The largest absolute Gasteiger partial charge is 0.147 e. The van der Waals surface area contributed by atoms with Crippen LogP contribution in [0.25, 0.3) is 0 Å². The summed E-state index contributed by atoms with van der Waals surface area (Å²) in [5, 5.41) is 1.50. The predicted molar refractivity (Wildman–Crippen MR) is 117 cm³/mol. The molecule has 0 saturated carbocycles. The van der Waals surface area contributed by atoms with Gasteiger partial charge in [-0.25, -0.2) is 0 Å². The second-order valence-electron chi connectivity index (χ2n) is 7.35. The Morgan fingerprint density at radius 1 is 1.08 bits per heavy atom. The molecule has 0 bridgehead atoms. The maximum atomic E-state index is 6.70. The van der Waals surface area contributed by atoms with Crippen LogP contribution < -0.4 is 8.51 Å². The van der Waals surface area contributed by atoms with E-state index in [0.717, 1.165) is 25.0 Å². The van der Waals surface area contributed by atoms with Gasteiger partial charge in [0.25, 0.3) is 0 Å². The summed E-state index contributed by atoms with van der Waals surface area (Å²) in [6.07, 6.45) is 10.1. The predicted octanol–water partition coefficient (Wildman–Crippen LogP) is 6.13. The van der Waals surface area contributed by atoms with Crippen LogP contribution in [-0.4, -0.2) is 11.9 Å². The van der Waals surface area contributed by atoms with Gasteiger partial charge in [-0.2, -0.15) is 0 Å². The number of benzene rings is 1. The molecule has 0 unspecified atom stereocenters. The maximum Gasteiger partial charge on any atom is -0.147 e. The van der Waals surface area contributed by atoms with Crippen molar-refractivity contribution in [1.29, 1.82) is 0 Å². The van der Waals surface area contributed by atoms with E-state index in [0.29, 0.717) is 0 Å². The molecule has 2 rings (SSSR count). The van der Waals surface area contributed by atoms with Crippen molar-refractivity contribution in [2.45, 2.75) is 59.7 Å². The van der Waals surface area contributed by atoms with Crippen LogP contribution >= 0.6 is 24.8 Å². The molecule has 1 aromatic carbocycles. The number of halogens is 2. The van der Waals surface area contributed by atoms with E-state index >= 15 is 0 Å². The first kappa shape index (κ1) is 24.9. The molecule has 1 nitrogen and oxygen atoms in total. The van der Waals surface area contributed by atoms with Gasteiger partial charge in [0.2, 0.25) is 0 Å². The summed E-state index contributed by atoms with van der Waals surface area (Å²) in [4.78, 5) is 0. The molecule has 0 heterocycles. The fourth-order valence-corrected chi connectivity index (χ4v) is 7.70. The molecule has 0 fully saturated rings. The number of rotatable bonds is 6. The molecule has 25 heavy (non-hydrogen) atoms. The molecule has 0 saturated heterocycles. The van der Waals surface area contributed by atoms with Crippen LogP contribution in [0.15, 0.2) is 40.3 Å². The van der Waals surface area contributed by atoms with E-state index in [1.54, 1.807) is 7.69 Å². The van der Waals surface area contributed by atoms with Crippen molar-refractivity contribution in [3.8, 4) is 5.75 Å². The smallest absolute Gasteiger partial charge is 0.147 e. The summed E-state index contributed by atoms with van der Waals surface area (Å²) in [6.45, 7) is 14.0. The average molecular weight is 435 g/mol. The molecular weight excluding hydrogens is 403 g/mol. The van der Waals surface area contributed by atoms with Crippen LogP contribution in [0, 0.1) is 6.92 Å². The van der Waals surface area contributed by atoms with E-state index in [1.165, 1.54) is 10.8 Å². The quantitative estimate of drug-likeness (QED) is 0.489. The molecule has 0 aromatic heterocycles. The zero-order valence-corrected chi connectivity index (χ0v) is 20.5. The van der Waals surface area contributed by atoms with Gasteiger partial charge in [-0.3, -0.25) is 0 Å². The molecule has 0 N–H and O–H groups in total. The summed E-state index contributed by atoms with van der Waals surface area (Å²) in [5.74, 6) is 1.10. The molecule has 1 aromatic rings. The Labute approximate surface area is 173 Å². The molecule has 5 heteroatoms. The Bertz CT molecular complexity index is 667. The van der Waals surface area contributed by atoms with Gasteiger partial charge in [0, 0.05) is 0 Å². The Morgan fingerprint density at radius 2 is 1.72 bits per heavy atom. The molecule has 0 radical (unpaired) electrons. The fourth-order valence-electron chi connectivity index (χ4n) is 2.91. The zero-order valence-electron chi connectivity index (χ0n) is 16.3. The summed E-state index contributed by atoms with van der Waals surface area (Å²) in [5.41, 5.74) is 1.32. The molecule has 1 aliphatic carbocycles. The Hall–Kier alpha value is -0.119. The first-order valence-corrected chi connectivity index (χ1v) is 14.4. The minimum Gasteiger partial charge on any atom is -0.147 e. The van der Waals surface area contributed by atoms with Gasteiger partial charge in [0.15, 0.2) is 0 Å². The summed E-state index contributed by atoms with van der Waals surface area (Å²) in [7, 11) is -1.32. The third-order valence-corrected chi connectivity index (χ3v) is 10.7. The summed E-state index contributed by atoms with van der Waals surface area (Å²) in [6, 6.07) is 6.89. The van der Waals surface area contributed by atoms with Crippen molar-refractivity contribution in [3.05, 3.63) is 45.9 Å². The van der Waals surface area contributed by atoms with Crippen molar-refractivity contribution >= 4 is 41.9 Å². The Balaban J connectivity index is 0.00000288. The van der Waals surface area contributed by atoms with Gasteiger partial charge in [0.05, 0.1) is 0 Å². The van der Waals surface area contributed by atoms with E-state index < -0.39 is 25.9 Å². The third kappa shape index (κ3) is 6.84. The first-order chi connectivity index (χ1) is 10.8. The number of hydrogen-bond donors (Lipinski definition) is 0. The van der Waals surface area contributed by atoms with E-state index in [4.69, 9.17) is 3.32 Å². The standard InChI is InChI=1S/C10H16OSi.C5H5.C5H10.2ClH.Ti/c1-8-5-9(11)7-10(6-8)12(2,3)4;1-2-4-5-3-1;1-3-5-4-2;;;/h5-7,11H,1-4H3;1-3H,4H2;3-4H2,1-2H3;2*1H;/q;;;;;+1/p-1. The van der Waals surface area contributed by atoms with Crippen molar-refractivity contribution in [1.82, 2.24) is 0 Å². The van der Waals surface area contributed by atoms with Crippen molar-refractivity contribution in [2.75, 3.05) is 0 Å². The second-order valence-corrected chi connectivity index (χ2v) is 15.9. The van der Waals surface area contributed by atoms with Gasteiger partial charge in [0.1, 0.15) is 0 Å². The van der Waals surface area contributed by atoms with Gasteiger partial charge < -0.3 is 0 Å². The molecule has 140 valence electrons. The van der Waals surface area contributed by atoms with E-state index in [1.807, 2.05) is 0 Å². The van der Waals surface area contributed by atoms with Crippen LogP contribution in [0.5, 0.6) is 5.75 Å². The first-order valence-electron chi connectivity index (χ1n) is 8.73. The van der Waals surface area contributed by atoms with E-state index in [-0.39, 0.29) is 24.8 Å². The van der Waals surface area contributed by atoms with Crippen LogP contribution in [-0.2, 0) is 17.8 Å². The van der Waals surface area contributed by atoms with Crippen molar-refractivity contribution in [2.24, 2.45) is 0 Å². The van der Waals surface area contributed by atoms with Gasteiger partial charge in [-0.05, 0) is 0 Å². The topological polar surface area (TPSA) is 9.23 Å². The minimum atomic E-state index is -1.82. The number of allylic oxidation sites excluding steroid dienone is 4.